The molecule has 0 spiro atoms. The topological polar surface area (TPSA) is 72.8 Å². The van der Waals surface area contributed by atoms with Gasteiger partial charge in [-0.05, 0) is 49.2 Å². The molecule has 3 rings (SSSR count). The molecule has 0 aliphatic carbocycles. The first-order valence-corrected chi connectivity index (χ1v) is 9.56. The van der Waals surface area contributed by atoms with Gasteiger partial charge in [-0.1, -0.05) is 41.9 Å². The lowest BCUT2D eigenvalue weighted by molar-refractivity contribution is -0.111. The summed E-state index contributed by atoms with van der Waals surface area (Å²) < 4.78 is 0. The van der Waals surface area contributed by atoms with E-state index in [9.17, 15) is 15.0 Å². The third kappa shape index (κ3) is 5.08. The largest absolute Gasteiger partial charge is 0.390 e. The van der Waals surface area contributed by atoms with Crippen LogP contribution in [-0.4, -0.2) is 58.9 Å². The van der Waals surface area contributed by atoms with Crippen LogP contribution in [0.3, 0.4) is 0 Å². The van der Waals surface area contributed by atoms with Crippen molar-refractivity contribution in [1.82, 2.24) is 10.2 Å². The molecule has 6 heteroatoms. The summed E-state index contributed by atoms with van der Waals surface area (Å²) in [6.45, 7) is 1.42. The maximum absolute atomic E-state index is 12.6. The Hall–Kier alpha value is -1.92. The maximum atomic E-state index is 12.6. The number of aliphatic hydroxyl groups excluding tert-OH is 1. The van der Waals surface area contributed by atoms with Crippen molar-refractivity contribution in [3.8, 4) is 0 Å². The highest BCUT2D eigenvalue weighted by molar-refractivity contribution is 6.30. The van der Waals surface area contributed by atoms with Crippen molar-refractivity contribution in [2.75, 3.05) is 26.2 Å². The molecule has 144 valence electrons. The monoisotopic (exact) mass is 388 g/mol. The van der Waals surface area contributed by atoms with Crippen molar-refractivity contribution in [2.45, 2.75) is 24.5 Å². The zero-order valence-corrected chi connectivity index (χ0v) is 15.9. The van der Waals surface area contributed by atoms with Crippen molar-refractivity contribution in [1.29, 1.82) is 0 Å². The molecule has 2 aromatic carbocycles. The Morgan fingerprint density at radius 2 is 1.89 bits per heavy atom. The predicted molar refractivity (Wildman–Crippen MR) is 106 cm³/mol. The maximum Gasteiger partial charge on any atom is 0.253 e. The van der Waals surface area contributed by atoms with Crippen LogP contribution >= 0.6 is 11.6 Å². The van der Waals surface area contributed by atoms with E-state index in [0.717, 1.165) is 12.0 Å². The van der Waals surface area contributed by atoms with Gasteiger partial charge in [-0.15, -0.1) is 0 Å². The van der Waals surface area contributed by atoms with Crippen LogP contribution in [0.15, 0.2) is 54.6 Å². The number of aliphatic hydroxyl groups is 2. The molecule has 0 aromatic heterocycles. The highest BCUT2D eigenvalue weighted by Gasteiger charge is 2.42. The number of nitrogens with one attached hydrogen (secondary N) is 1. The van der Waals surface area contributed by atoms with Crippen LogP contribution in [-0.2, 0) is 6.42 Å². The second-order valence-electron chi connectivity index (χ2n) is 7.05. The van der Waals surface area contributed by atoms with Crippen molar-refractivity contribution in [2.24, 2.45) is 0 Å². The summed E-state index contributed by atoms with van der Waals surface area (Å²) in [6.07, 6.45) is 0.282. The number of likely N-dealkylation sites (tertiary alicyclic amines) is 1. The Morgan fingerprint density at radius 1 is 1.19 bits per heavy atom. The molecule has 1 amide bonds. The summed E-state index contributed by atoms with van der Waals surface area (Å²) in [5, 5.41) is 25.1. The molecule has 0 bridgehead atoms. The zero-order valence-electron chi connectivity index (χ0n) is 15.1. The normalized spacial score (nSPS) is 22.6. The first kappa shape index (κ1) is 19.8. The van der Waals surface area contributed by atoms with E-state index in [1.165, 1.54) is 0 Å². The van der Waals surface area contributed by atoms with Gasteiger partial charge in [0.2, 0.25) is 0 Å². The molecular formula is C21H25ClN2O3. The molecule has 1 fully saturated rings. The van der Waals surface area contributed by atoms with Crippen molar-refractivity contribution in [3.05, 3.63) is 70.7 Å². The van der Waals surface area contributed by atoms with Crippen LogP contribution in [0.25, 0.3) is 0 Å². The number of nitrogens with zero attached hydrogens (tertiary/aromatic N) is 1. The number of halogens is 1. The van der Waals surface area contributed by atoms with E-state index in [0.29, 0.717) is 30.1 Å². The highest BCUT2D eigenvalue weighted by atomic mass is 35.5. The molecule has 27 heavy (non-hydrogen) atoms. The molecule has 5 nitrogen and oxygen atoms in total. The van der Waals surface area contributed by atoms with E-state index in [1.807, 2.05) is 42.5 Å². The molecule has 2 atom stereocenters. The molecular weight excluding hydrogens is 364 g/mol. The standard InChI is InChI=1S/C21H25ClN2O3/c22-18-8-6-16(7-9-18)10-12-23-14-21(27)15-24(13-11-19(21)25)20(26)17-4-2-1-3-5-17/h1-9,19,23,25,27H,10-15H2/t19-,21+/m0/s1. The summed E-state index contributed by atoms with van der Waals surface area (Å²) in [4.78, 5) is 14.3. The number of carbonyl (C=O) groups is 1. The Bertz CT molecular complexity index is 754. The van der Waals surface area contributed by atoms with Crippen LogP contribution in [0, 0.1) is 0 Å². The highest BCUT2D eigenvalue weighted by Crippen LogP contribution is 2.23. The van der Waals surface area contributed by atoms with Crippen molar-refractivity contribution < 1.29 is 15.0 Å². The lowest BCUT2D eigenvalue weighted by Gasteiger charge is -2.42. The average Bonchev–Trinajstić information content (AvgIpc) is 2.69. The van der Waals surface area contributed by atoms with Gasteiger partial charge in [0, 0.05) is 23.7 Å². The molecule has 2 aromatic rings. The van der Waals surface area contributed by atoms with Gasteiger partial charge in [-0.2, -0.15) is 0 Å². The third-order valence-corrected chi connectivity index (χ3v) is 5.25. The van der Waals surface area contributed by atoms with Crippen LogP contribution in [0.4, 0.5) is 0 Å². The van der Waals surface area contributed by atoms with Crippen LogP contribution in [0.1, 0.15) is 22.3 Å². The molecule has 0 unspecified atom stereocenters. The third-order valence-electron chi connectivity index (χ3n) is 5.00. The fraction of sp³-hybridized carbons (Fsp3) is 0.381. The Morgan fingerprint density at radius 3 is 2.59 bits per heavy atom. The SMILES string of the molecule is O=C(c1ccccc1)N1CC[C@H](O)[C@@](O)(CNCCc2ccc(Cl)cc2)C1. The summed E-state index contributed by atoms with van der Waals surface area (Å²) in [7, 11) is 0. The van der Waals surface area contributed by atoms with Crippen molar-refractivity contribution >= 4 is 17.5 Å². The van der Waals surface area contributed by atoms with Gasteiger partial charge in [-0.3, -0.25) is 4.79 Å². The molecule has 1 aliphatic rings. The second kappa shape index (κ2) is 8.85. The zero-order chi connectivity index (χ0) is 19.3. The summed E-state index contributed by atoms with van der Waals surface area (Å²) >= 11 is 5.88. The fourth-order valence-electron chi connectivity index (χ4n) is 3.36. The van der Waals surface area contributed by atoms with Gasteiger partial charge in [0.15, 0.2) is 0 Å². The number of piperidine rings is 1. The quantitative estimate of drug-likeness (QED) is 0.663. The van der Waals surface area contributed by atoms with E-state index in [1.54, 1.807) is 17.0 Å². The minimum atomic E-state index is -1.36. The first-order chi connectivity index (χ1) is 13.0. The number of amides is 1. The van der Waals surface area contributed by atoms with Crippen LogP contribution in [0.5, 0.6) is 0 Å². The lowest BCUT2D eigenvalue weighted by atomic mass is 9.89. The second-order valence-corrected chi connectivity index (χ2v) is 7.49. The number of benzene rings is 2. The Labute approximate surface area is 164 Å². The molecule has 0 saturated carbocycles. The van der Waals surface area contributed by atoms with E-state index in [2.05, 4.69) is 5.32 Å². The van der Waals surface area contributed by atoms with E-state index < -0.39 is 11.7 Å². The number of hydrogen-bond acceptors (Lipinski definition) is 4. The summed E-state index contributed by atoms with van der Waals surface area (Å²) in [5.74, 6) is -0.123. The van der Waals surface area contributed by atoms with Gasteiger partial charge >= 0.3 is 0 Å². The Kier molecular flexibility index (Phi) is 6.50. The molecule has 3 N–H and O–H groups in total. The van der Waals surface area contributed by atoms with Crippen molar-refractivity contribution in [3.63, 3.8) is 0 Å². The fourth-order valence-corrected chi connectivity index (χ4v) is 3.49. The van der Waals surface area contributed by atoms with Gasteiger partial charge in [0.1, 0.15) is 5.60 Å². The van der Waals surface area contributed by atoms with Crippen LogP contribution in [0.2, 0.25) is 5.02 Å². The number of hydrogen-bond donors (Lipinski definition) is 3. The summed E-state index contributed by atoms with van der Waals surface area (Å²) in [6, 6.07) is 16.6. The minimum absolute atomic E-state index is 0.107. The van der Waals surface area contributed by atoms with Gasteiger partial charge in [0.25, 0.3) is 5.91 Å². The number of rotatable bonds is 6. The lowest BCUT2D eigenvalue weighted by Crippen LogP contribution is -2.62. The average molecular weight is 389 g/mol. The molecule has 1 heterocycles. The molecule has 0 radical (unpaired) electrons. The van der Waals surface area contributed by atoms with Gasteiger partial charge in [0.05, 0.1) is 12.6 Å². The number of β-amino-alcohol motifs (C(OH)–C–C–N with tert-alkyl or cyclic N) is 1. The van der Waals surface area contributed by atoms with E-state index in [-0.39, 0.29) is 19.0 Å². The van der Waals surface area contributed by atoms with E-state index >= 15 is 0 Å². The first-order valence-electron chi connectivity index (χ1n) is 9.18. The predicted octanol–water partition coefficient (Wildman–Crippen LogP) is 2.11. The minimum Gasteiger partial charge on any atom is -0.390 e. The smallest absolute Gasteiger partial charge is 0.253 e. The molecule has 1 saturated heterocycles. The molecule has 1 aliphatic heterocycles. The van der Waals surface area contributed by atoms with E-state index in [4.69, 9.17) is 11.6 Å². The Balaban J connectivity index is 1.54. The number of carbonyl (C=O) groups excluding carboxylic acids is 1. The summed E-state index contributed by atoms with van der Waals surface area (Å²) in [5.41, 5.74) is 0.374. The van der Waals surface area contributed by atoms with Gasteiger partial charge in [-0.25, -0.2) is 0 Å². The van der Waals surface area contributed by atoms with Gasteiger partial charge < -0.3 is 20.4 Å². The van der Waals surface area contributed by atoms with Crippen LogP contribution < -0.4 is 5.32 Å².